The molecule has 0 bridgehead atoms. The number of hydrogen-bond acceptors (Lipinski definition) is 3. The summed E-state index contributed by atoms with van der Waals surface area (Å²) in [4.78, 5) is 8.27. The van der Waals surface area contributed by atoms with Gasteiger partial charge in [0, 0.05) is 57.9 Å². The molecule has 5 nitrogen and oxygen atoms in total. The molecule has 5 heteroatoms. The van der Waals surface area contributed by atoms with E-state index in [-0.39, 0.29) is 0 Å². The Hall–Kier alpha value is -1.62. The van der Waals surface area contributed by atoms with E-state index in [1.54, 1.807) is 6.20 Å². The molecule has 86 valence electrons. The van der Waals surface area contributed by atoms with Gasteiger partial charge in [0.05, 0.1) is 6.33 Å². The average molecular weight is 219 g/mol. The smallest absolute Gasteiger partial charge is 0.109 e. The van der Waals surface area contributed by atoms with Crippen LogP contribution in [0.15, 0.2) is 31.1 Å². The summed E-state index contributed by atoms with van der Waals surface area (Å²) in [7, 11) is 2.02. The Balaban J connectivity index is 1.61. The van der Waals surface area contributed by atoms with Crippen molar-refractivity contribution in [3.63, 3.8) is 0 Å². The lowest BCUT2D eigenvalue weighted by Crippen LogP contribution is -2.22. The van der Waals surface area contributed by atoms with Gasteiger partial charge < -0.3 is 14.5 Å². The van der Waals surface area contributed by atoms with E-state index in [4.69, 9.17) is 0 Å². The highest BCUT2D eigenvalue weighted by molar-refractivity contribution is 4.91. The minimum absolute atomic E-state index is 0.958. The minimum atomic E-state index is 0.958. The predicted octanol–water partition coefficient (Wildman–Crippen LogP) is 0.449. The Labute approximate surface area is 95.1 Å². The fourth-order valence-electron chi connectivity index (χ4n) is 1.59. The van der Waals surface area contributed by atoms with Crippen LogP contribution < -0.4 is 5.32 Å². The van der Waals surface area contributed by atoms with E-state index in [2.05, 4.69) is 24.4 Å². The lowest BCUT2D eigenvalue weighted by Gasteiger charge is -2.05. The first-order valence-electron chi connectivity index (χ1n) is 5.49. The lowest BCUT2D eigenvalue weighted by atomic mass is 10.4. The van der Waals surface area contributed by atoms with Gasteiger partial charge in [0.2, 0.25) is 0 Å². The normalized spacial score (nSPS) is 10.8. The van der Waals surface area contributed by atoms with Crippen molar-refractivity contribution in [2.75, 3.05) is 13.1 Å². The Morgan fingerprint density at radius 2 is 2.19 bits per heavy atom. The van der Waals surface area contributed by atoms with E-state index in [1.165, 1.54) is 0 Å². The van der Waals surface area contributed by atoms with Crippen LogP contribution in [-0.4, -0.2) is 32.2 Å². The SMILES string of the molecule is Cn1ccnc1CCNCCn1ccnc1. The maximum absolute atomic E-state index is 4.27. The third kappa shape index (κ3) is 2.93. The van der Waals surface area contributed by atoms with Gasteiger partial charge >= 0.3 is 0 Å². The topological polar surface area (TPSA) is 47.7 Å². The fourth-order valence-corrected chi connectivity index (χ4v) is 1.59. The van der Waals surface area contributed by atoms with E-state index in [9.17, 15) is 0 Å². The molecule has 0 amide bonds. The van der Waals surface area contributed by atoms with Gasteiger partial charge in [-0.05, 0) is 0 Å². The zero-order valence-electron chi connectivity index (χ0n) is 9.50. The molecular formula is C11H17N5. The van der Waals surface area contributed by atoms with Crippen molar-refractivity contribution in [3.8, 4) is 0 Å². The van der Waals surface area contributed by atoms with Crippen LogP contribution in [0.4, 0.5) is 0 Å². The van der Waals surface area contributed by atoms with Gasteiger partial charge in [-0.1, -0.05) is 0 Å². The first-order valence-corrected chi connectivity index (χ1v) is 5.49. The molecule has 0 atom stereocenters. The zero-order valence-corrected chi connectivity index (χ0v) is 9.50. The number of nitrogens with one attached hydrogen (secondary N) is 1. The summed E-state index contributed by atoms with van der Waals surface area (Å²) in [5, 5.41) is 3.39. The Bertz CT molecular complexity index is 404. The summed E-state index contributed by atoms with van der Waals surface area (Å²) in [5.41, 5.74) is 0. The van der Waals surface area contributed by atoms with Gasteiger partial charge in [-0.25, -0.2) is 9.97 Å². The van der Waals surface area contributed by atoms with Crippen molar-refractivity contribution in [2.24, 2.45) is 7.05 Å². The number of hydrogen-bond donors (Lipinski definition) is 1. The van der Waals surface area contributed by atoms with Crippen LogP contribution in [-0.2, 0) is 20.0 Å². The van der Waals surface area contributed by atoms with E-state index in [0.717, 1.165) is 31.9 Å². The van der Waals surface area contributed by atoms with Crippen molar-refractivity contribution in [1.82, 2.24) is 24.4 Å². The highest BCUT2D eigenvalue weighted by Crippen LogP contribution is 1.93. The monoisotopic (exact) mass is 219 g/mol. The maximum Gasteiger partial charge on any atom is 0.109 e. The second kappa shape index (κ2) is 5.46. The zero-order chi connectivity index (χ0) is 11.2. The minimum Gasteiger partial charge on any atom is -0.338 e. The molecule has 0 saturated heterocycles. The molecule has 2 heterocycles. The summed E-state index contributed by atoms with van der Waals surface area (Å²) < 4.78 is 4.12. The van der Waals surface area contributed by atoms with Gasteiger partial charge in [0.15, 0.2) is 0 Å². The number of aromatic nitrogens is 4. The maximum atomic E-state index is 4.27. The van der Waals surface area contributed by atoms with E-state index in [0.29, 0.717) is 0 Å². The molecule has 0 saturated carbocycles. The second-order valence-corrected chi connectivity index (χ2v) is 3.75. The molecule has 16 heavy (non-hydrogen) atoms. The molecule has 2 aromatic heterocycles. The molecule has 2 aromatic rings. The van der Waals surface area contributed by atoms with Crippen molar-refractivity contribution >= 4 is 0 Å². The quantitative estimate of drug-likeness (QED) is 0.718. The van der Waals surface area contributed by atoms with Crippen LogP contribution in [0.5, 0.6) is 0 Å². The first-order chi connectivity index (χ1) is 7.86. The first kappa shape index (κ1) is 10.9. The van der Waals surface area contributed by atoms with Crippen LogP contribution in [0.25, 0.3) is 0 Å². The van der Waals surface area contributed by atoms with Crippen LogP contribution in [0.3, 0.4) is 0 Å². The third-order valence-corrected chi connectivity index (χ3v) is 2.55. The third-order valence-electron chi connectivity index (χ3n) is 2.55. The Morgan fingerprint density at radius 1 is 1.25 bits per heavy atom. The van der Waals surface area contributed by atoms with Crippen LogP contribution in [0.2, 0.25) is 0 Å². The summed E-state index contributed by atoms with van der Waals surface area (Å²) in [6, 6.07) is 0. The molecule has 0 aliphatic heterocycles. The second-order valence-electron chi connectivity index (χ2n) is 3.75. The highest BCUT2D eigenvalue weighted by Gasteiger charge is 1.97. The van der Waals surface area contributed by atoms with Gasteiger partial charge in [-0.2, -0.15) is 0 Å². The number of rotatable bonds is 6. The van der Waals surface area contributed by atoms with Gasteiger partial charge in [0.25, 0.3) is 0 Å². The Morgan fingerprint density at radius 3 is 2.88 bits per heavy atom. The van der Waals surface area contributed by atoms with Crippen molar-refractivity contribution in [2.45, 2.75) is 13.0 Å². The van der Waals surface area contributed by atoms with Gasteiger partial charge in [0.1, 0.15) is 5.82 Å². The summed E-state index contributed by atoms with van der Waals surface area (Å²) in [6.07, 6.45) is 10.4. The molecule has 0 fully saturated rings. The average Bonchev–Trinajstić information content (AvgIpc) is 2.90. The molecule has 0 unspecified atom stereocenters. The number of nitrogens with zero attached hydrogens (tertiary/aromatic N) is 4. The van der Waals surface area contributed by atoms with Crippen molar-refractivity contribution in [3.05, 3.63) is 36.9 Å². The van der Waals surface area contributed by atoms with Crippen LogP contribution in [0, 0.1) is 0 Å². The summed E-state index contributed by atoms with van der Waals surface area (Å²) >= 11 is 0. The van der Waals surface area contributed by atoms with Crippen molar-refractivity contribution in [1.29, 1.82) is 0 Å². The molecule has 2 rings (SSSR count). The largest absolute Gasteiger partial charge is 0.338 e. The fraction of sp³-hybridized carbons (Fsp3) is 0.455. The number of imidazole rings is 2. The molecule has 0 aliphatic rings. The van der Waals surface area contributed by atoms with Gasteiger partial charge in [-0.15, -0.1) is 0 Å². The predicted molar refractivity (Wildman–Crippen MR) is 62.0 cm³/mol. The van der Waals surface area contributed by atoms with Crippen molar-refractivity contribution < 1.29 is 0 Å². The summed E-state index contributed by atoms with van der Waals surface area (Å²) in [6.45, 7) is 2.88. The van der Waals surface area contributed by atoms with Crippen LogP contribution in [0.1, 0.15) is 5.82 Å². The highest BCUT2D eigenvalue weighted by atomic mass is 15.1. The van der Waals surface area contributed by atoms with E-state index < -0.39 is 0 Å². The molecule has 0 radical (unpaired) electrons. The lowest BCUT2D eigenvalue weighted by molar-refractivity contribution is 0.588. The molecule has 1 N–H and O–H groups in total. The van der Waals surface area contributed by atoms with Crippen LogP contribution >= 0.6 is 0 Å². The molecule has 0 aromatic carbocycles. The van der Waals surface area contributed by atoms with E-state index >= 15 is 0 Å². The van der Waals surface area contributed by atoms with E-state index in [1.807, 2.05) is 32.0 Å². The van der Waals surface area contributed by atoms with Gasteiger partial charge in [-0.3, -0.25) is 0 Å². The Kier molecular flexibility index (Phi) is 3.71. The standard InChI is InChI=1S/C11H17N5/c1-15-7-6-14-11(15)2-3-12-4-8-16-9-5-13-10-16/h5-7,9-10,12H,2-4,8H2,1H3. The summed E-state index contributed by atoms with van der Waals surface area (Å²) in [5.74, 6) is 1.12. The molecule has 0 aliphatic carbocycles. The molecule has 0 spiro atoms. The number of aryl methyl sites for hydroxylation is 1. The molecular weight excluding hydrogens is 202 g/mol.